The maximum absolute atomic E-state index is 14.4. The molecule has 3 aromatic heterocycles. The molecule has 3 heterocycles. The first-order chi connectivity index (χ1) is 43.4. The molecule has 1 aliphatic rings. The van der Waals surface area contributed by atoms with Gasteiger partial charge in [-0.15, -0.1) is 0 Å². The Labute approximate surface area is 551 Å². The molecule has 16 heteroatoms. The van der Waals surface area contributed by atoms with Crippen LogP contribution >= 0.6 is 31.9 Å². The van der Waals surface area contributed by atoms with Gasteiger partial charge in [0.05, 0.1) is 16.7 Å². The molecule has 0 fully saturated rings. The van der Waals surface area contributed by atoms with Gasteiger partial charge in [0.2, 0.25) is 0 Å². The van der Waals surface area contributed by atoms with Crippen molar-refractivity contribution in [3.05, 3.63) is 293 Å². The van der Waals surface area contributed by atoms with Crippen LogP contribution in [0, 0.1) is 5.82 Å². The van der Waals surface area contributed by atoms with Gasteiger partial charge < -0.3 is 13.4 Å². The van der Waals surface area contributed by atoms with Gasteiger partial charge in [-0.3, -0.25) is 0 Å². The lowest BCUT2D eigenvalue weighted by Gasteiger charge is -2.23. The van der Waals surface area contributed by atoms with Crippen LogP contribution < -0.4 is 0 Å². The molecular weight excluding hydrogens is 1220 g/mol. The number of fused-ring (bicyclic) bond motifs is 12. The molecule has 0 amide bonds. The summed E-state index contributed by atoms with van der Waals surface area (Å²) >= 11 is 7.22. The van der Waals surface area contributed by atoms with E-state index in [1.54, 1.807) is 0 Å². The molecule has 12 radical (unpaired) electrons. The summed E-state index contributed by atoms with van der Waals surface area (Å²) in [7, 11) is 31.8. The van der Waals surface area contributed by atoms with Crippen LogP contribution in [0.5, 0.6) is 0 Å². The minimum absolute atomic E-state index is 0. The van der Waals surface area contributed by atoms with Gasteiger partial charge in [0, 0.05) is 113 Å². The molecule has 0 aliphatic heterocycles. The van der Waals surface area contributed by atoms with Crippen molar-refractivity contribution in [1.29, 1.82) is 0 Å². The Balaban J connectivity index is 0.000000132. The third-order valence-electron chi connectivity index (χ3n) is 16.6. The second-order valence-corrected chi connectivity index (χ2v) is 23.9. The van der Waals surface area contributed by atoms with Crippen LogP contribution in [0.3, 0.4) is 0 Å². The van der Waals surface area contributed by atoms with E-state index in [0.29, 0.717) is 11.2 Å². The molecule has 0 bridgehead atoms. The summed E-state index contributed by atoms with van der Waals surface area (Å²) < 4.78 is 31.5. The van der Waals surface area contributed by atoms with Crippen LogP contribution in [0.4, 0.5) is 4.39 Å². The molecule has 15 aromatic rings. The van der Waals surface area contributed by atoms with Crippen molar-refractivity contribution in [1.82, 2.24) is 4.57 Å². The van der Waals surface area contributed by atoms with Crippen LogP contribution in [0.15, 0.2) is 285 Å². The SMILES string of the molecule is Brc1ccc2c(c1)Cc1ccccc1-2.Brc1ccc2c3ccccc3n(-c3ccc(-c4ccccc4-c4ccccc4)c4c3oc3ccccc34)c2c1.C.Fc1ccc(-c2ccccc2-c2ccccc2)c2c1oc1ccccc12.[B]B([B])B(B([B])[B])B([B])[B]. The van der Waals surface area contributed by atoms with E-state index in [9.17, 15) is 4.39 Å². The fraction of sp³-hybridized carbons (Fsp3) is 0.0270. The Morgan fingerprint density at radius 2 is 0.778 bits per heavy atom. The van der Waals surface area contributed by atoms with Gasteiger partial charge in [-0.05, 0) is 128 Å². The Morgan fingerprint density at radius 3 is 1.36 bits per heavy atom. The first kappa shape index (κ1) is 61.8. The number of hydrogen-bond acceptors (Lipinski definition) is 2. The largest absolute Gasteiger partial charge is 0.454 e. The molecule has 0 atom stereocenters. The average molecular weight is 1270 g/mol. The van der Waals surface area contributed by atoms with Crippen LogP contribution in [-0.4, -0.2) is 76.5 Å². The molecule has 0 saturated carbocycles. The Kier molecular flexibility index (Phi) is 18.5. The number of rotatable bonds is 8. The van der Waals surface area contributed by atoms with Crippen LogP contribution in [0.25, 0.3) is 127 Å². The summed E-state index contributed by atoms with van der Waals surface area (Å²) in [6, 6.07) is 91.9. The zero-order chi connectivity index (χ0) is 61.3. The van der Waals surface area contributed by atoms with Gasteiger partial charge in [0.1, 0.15) is 11.2 Å². The number of benzene rings is 12. The lowest BCUT2D eigenvalue weighted by Crippen LogP contribution is -2.62. The highest BCUT2D eigenvalue weighted by Crippen LogP contribution is 2.46. The minimum atomic E-state index is -0.667. The summed E-state index contributed by atoms with van der Waals surface area (Å²) in [5.41, 5.74) is 20.8. The highest BCUT2D eigenvalue weighted by atomic mass is 79.9. The predicted octanol–water partition coefficient (Wildman–Crippen LogP) is 18.7. The van der Waals surface area contributed by atoms with Gasteiger partial charge in [-0.25, -0.2) is 4.39 Å². The maximum atomic E-state index is 14.4. The van der Waals surface area contributed by atoms with E-state index in [4.69, 9.17) is 55.3 Å². The molecule has 0 saturated heterocycles. The third-order valence-corrected chi connectivity index (χ3v) is 17.5. The zero-order valence-electron chi connectivity index (χ0n) is 48.3. The summed E-state index contributed by atoms with van der Waals surface area (Å²) in [5, 5.41) is 6.45. The Morgan fingerprint density at radius 1 is 0.356 bits per heavy atom. The monoisotopic (exact) mass is 1270 g/mol. The fourth-order valence-electron chi connectivity index (χ4n) is 12.5. The first-order valence-electron chi connectivity index (χ1n) is 29.3. The van der Waals surface area contributed by atoms with E-state index in [-0.39, 0.29) is 13.2 Å². The van der Waals surface area contributed by atoms with Crippen molar-refractivity contribution >= 4 is 170 Å². The summed E-state index contributed by atoms with van der Waals surface area (Å²) in [6.45, 7) is 0. The number of halogens is 3. The van der Waals surface area contributed by atoms with Crippen molar-refractivity contribution < 1.29 is 13.2 Å². The number of para-hydroxylation sites is 3. The predicted molar refractivity (Wildman–Crippen MR) is 398 cm³/mol. The van der Waals surface area contributed by atoms with E-state index in [1.807, 2.05) is 66.7 Å². The van der Waals surface area contributed by atoms with E-state index >= 15 is 0 Å². The maximum Gasteiger partial charge on any atom is 0.171 e. The molecule has 3 nitrogen and oxygen atoms in total. The van der Waals surface area contributed by atoms with Crippen LogP contribution in [-0.2, 0) is 6.42 Å². The van der Waals surface area contributed by atoms with Crippen molar-refractivity contribution in [2.45, 2.75) is 13.8 Å². The van der Waals surface area contributed by atoms with Crippen molar-refractivity contribution in [3.63, 3.8) is 0 Å². The average Bonchev–Trinajstić information content (AvgIpc) is 1.56. The number of furan rings is 2. The second kappa shape index (κ2) is 27.0. The van der Waals surface area contributed by atoms with Gasteiger partial charge in [0.15, 0.2) is 17.0 Å². The zero-order valence-corrected chi connectivity index (χ0v) is 51.5. The molecule has 0 spiro atoms. The standard InChI is InChI=1S/C36H22BrNO.C24H15FO.C13H9Br.CH4.B10/c37-24-18-19-28-27-14-6-8-16-31(27)38(33(28)22-24)32-21-20-29(35-30-15-7-9-17-34(30)39-36(32)35)26-13-5-4-12-25(26)23-10-2-1-3-11-23;25-21-15-14-19(23-20-12-6-7-13-22(20)26-24(21)23)18-11-5-4-10-17(18)16-8-2-1-3-9-16;14-11-5-6-13-10(8-11)7-9-3-1-2-4-12(9)13;;1-7(2)10(8(3)4)9(5)6/h1-22H;1-15H;1-6,8H,7H2;1H4;. The van der Waals surface area contributed by atoms with Crippen molar-refractivity contribution in [2.24, 2.45) is 0 Å². The molecule has 16 rings (SSSR count). The fourth-order valence-corrected chi connectivity index (χ4v) is 13.3. The lowest BCUT2D eigenvalue weighted by atomic mass is 8.58. The first-order valence-corrected chi connectivity index (χ1v) is 30.9. The number of aromatic nitrogens is 1. The smallest absolute Gasteiger partial charge is 0.171 e. The van der Waals surface area contributed by atoms with Crippen LogP contribution in [0.1, 0.15) is 18.6 Å². The van der Waals surface area contributed by atoms with E-state index < -0.39 is 25.5 Å². The van der Waals surface area contributed by atoms with E-state index in [0.717, 1.165) is 82.6 Å². The molecule has 0 unspecified atom stereocenters. The quantitative estimate of drug-likeness (QED) is 0.142. The van der Waals surface area contributed by atoms with E-state index in [1.165, 1.54) is 65.8 Å². The summed E-state index contributed by atoms with van der Waals surface area (Å²) in [5.74, 6) is -0.336. The molecule has 90 heavy (non-hydrogen) atoms. The Bertz CT molecular complexity index is 5060. The Hall–Kier alpha value is -8.42. The van der Waals surface area contributed by atoms with Gasteiger partial charge in [0.25, 0.3) is 0 Å². The summed E-state index contributed by atoms with van der Waals surface area (Å²) in [6.07, 6.45) is -1.37. The van der Waals surface area contributed by atoms with Gasteiger partial charge in [-0.1, -0.05) is 252 Å². The lowest BCUT2D eigenvalue weighted by molar-refractivity contribution is 0.584. The van der Waals surface area contributed by atoms with Crippen molar-refractivity contribution in [2.75, 3.05) is 0 Å². The molecule has 0 N–H and O–H groups in total. The van der Waals surface area contributed by atoms with Crippen molar-refractivity contribution in [3.8, 4) is 61.3 Å². The second-order valence-electron chi connectivity index (χ2n) is 22.1. The number of nitrogens with zero attached hydrogens (tertiary/aromatic N) is 1. The molecule has 1 aliphatic carbocycles. The topological polar surface area (TPSA) is 31.2 Å². The molecule has 414 valence electrons. The minimum Gasteiger partial charge on any atom is -0.454 e. The number of hydrogen-bond donors (Lipinski definition) is 0. The van der Waals surface area contributed by atoms with Gasteiger partial charge >= 0.3 is 0 Å². The normalized spacial score (nSPS) is 11.2. The van der Waals surface area contributed by atoms with Crippen LogP contribution in [0.2, 0.25) is 0 Å². The van der Waals surface area contributed by atoms with E-state index in [2.05, 4.69) is 231 Å². The van der Waals surface area contributed by atoms with Gasteiger partial charge in [-0.2, -0.15) is 0 Å². The third kappa shape index (κ3) is 12.1. The highest BCUT2D eigenvalue weighted by molar-refractivity contribution is 9.10. The summed E-state index contributed by atoms with van der Waals surface area (Å²) in [4.78, 5) is 0. The highest BCUT2D eigenvalue weighted by Gasteiger charge is 2.26. The molecular formula is C74H50B10Br2FNO2. The molecule has 12 aromatic carbocycles.